The molecule has 3 nitrogen and oxygen atoms in total. The first kappa shape index (κ1) is 22.3. The Morgan fingerprint density at radius 1 is 1.10 bits per heavy atom. The van der Waals surface area contributed by atoms with Gasteiger partial charge in [0, 0.05) is 12.8 Å². The third-order valence-electron chi connectivity index (χ3n) is 10.5. The maximum absolute atomic E-state index is 13.6. The van der Waals surface area contributed by atoms with E-state index < -0.39 is 5.60 Å². The Hall–Kier alpha value is -0.860. The zero-order chi connectivity index (χ0) is 22.1. The van der Waals surface area contributed by atoms with Crippen LogP contribution in [0.25, 0.3) is 0 Å². The molecule has 4 aliphatic carbocycles. The van der Waals surface area contributed by atoms with E-state index in [9.17, 15) is 9.59 Å². The molecule has 3 heteroatoms. The minimum Gasteiger partial charge on any atom is -0.459 e. The van der Waals surface area contributed by atoms with Crippen LogP contribution in [0.3, 0.4) is 0 Å². The van der Waals surface area contributed by atoms with Crippen LogP contribution in [0, 0.1) is 45.8 Å². The normalized spacial score (nSPS) is 39.9. The zero-order valence-electron chi connectivity index (χ0n) is 20.5. The van der Waals surface area contributed by atoms with Gasteiger partial charge in [-0.1, -0.05) is 48.0 Å². The van der Waals surface area contributed by atoms with Crippen LogP contribution in [-0.4, -0.2) is 17.4 Å². The van der Waals surface area contributed by atoms with Gasteiger partial charge in [-0.2, -0.15) is 0 Å². The van der Waals surface area contributed by atoms with Crippen molar-refractivity contribution >= 4 is 11.8 Å². The number of ketones is 1. The molecule has 0 N–H and O–H groups in total. The van der Waals surface area contributed by atoms with Crippen LogP contribution >= 0.6 is 0 Å². The van der Waals surface area contributed by atoms with Gasteiger partial charge < -0.3 is 4.74 Å². The molecule has 0 radical (unpaired) electrons. The van der Waals surface area contributed by atoms with Crippen LogP contribution < -0.4 is 0 Å². The summed E-state index contributed by atoms with van der Waals surface area (Å²) >= 11 is 0. The second kappa shape index (κ2) is 7.07. The first-order valence-electron chi connectivity index (χ1n) is 12.6. The molecule has 4 aliphatic rings. The zero-order valence-corrected chi connectivity index (χ0v) is 20.5. The number of Topliss-reactive ketones (excluding diaryl/α,β-unsaturated/α-hetero) is 1. The molecule has 0 aromatic carbocycles. The lowest BCUT2D eigenvalue weighted by atomic mass is 9.39. The molecular formula is C27H44O3. The standard InChI is InChI=1S/C27H44O3/c1-8-24(3,4)21-17-14-20(27(15-17)16-25(5,6)22(21)27)23(29)30-26(7,9-2)18-10-12-19(28)13-11-18/h17-18,20-22H,8-16H2,1-7H3. The van der Waals surface area contributed by atoms with Crippen LogP contribution in [0.1, 0.15) is 106 Å². The first-order chi connectivity index (χ1) is 13.9. The summed E-state index contributed by atoms with van der Waals surface area (Å²) in [5.41, 5.74) is 0.436. The minimum absolute atomic E-state index is 0.0759. The lowest BCUT2D eigenvalue weighted by molar-refractivity contribution is -0.204. The van der Waals surface area contributed by atoms with E-state index in [0.29, 0.717) is 47.2 Å². The summed E-state index contributed by atoms with van der Waals surface area (Å²) < 4.78 is 6.41. The van der Waals surface area contributed by atoms with Gasteiger partial charge in [0.25, 0.3) is 0 Å². The molecule has 6 unspecified atom stereocenters. The Kier molecular flexibility index (Phi) is 5.27. The molecule has 4 fully saturated rings. The van der Waals surface area contributed by atoms with E-state index in [1.165, 1.54) is 19.3 Å². The number of esters is 1. The highest BCUT2D eigenvalue weighted by atomic mass is 16.6. The third-order valence-corrected chi connectivity index (χ3v) is 10.5. The maximum atomic E-state index is 13.6. The van der Waals surface area contributed by atoms with E-state index in [-0.39, 0.29) is 17.3 Å². The van der Waals surface area contributed by atoms with Crippen molar-refractivity contribution in [3.05, 3.63) is 0 Å². The number of hydrogen-bond acceptors (Lipinski definition) is 3. The highest BCUT2D eigenvalue weighted by molar-refractivity contribution is 5.79. The minimum atomic E-state index is -0.424. The average molecular weight is 417 g/mol. The summed E-state index contributed by atoms with van der Waals surface area (Å²) in [6.45, 7) is 16.4. The number of carbonyl (C=O) groups excluding carboxylic acids is 2. The van der Waals surface area contributed by atoms with E-state index in [2.05, 4.69) is 48.5 Å². The third kappa shape index (κ3) is 3.12. The van der Waals surface area contributed by atoms with Gasteiger partial charge in [0.15, 0.2) is 0 Å². The fourth-order valence-corrected chi connectivity index (χ4v) is 8.85. The predicted molar refractivity (Wildman–Crippen MR) is 120 cm³/mol. The van der Waals surface area contributed by atoms with Gasteiger partial charge in [-0.3, -0.25) is 9.59 Å². The summed E-state index contributed by atoms with van der Waals surface area (Å²) in [4.78, 5) is 25.4. The van der Waals surface area contributed by atoms with Crippen molar-refractivity contribution in [2.45, 2.75) is 112 Å². The molecule has 4 rings (SSSR count). The summed E-state index contributed by atoms with van der Waals surface area (Å²) in [6, 6.07) is 0. The molecular weight excluding hydrogens is 372 g/mol. The molecule has 0 aliphatic heterocycles. The smallest absolute Gasteiger partial charge is 0.310 e. The summed E-state index contributed by atoms with van der Waals surface area (Å²) in [5, 5.41) is 0. The molecule has 0 amide bonds. The van der Waals surface area contributed by atoms with Gasteiger partial charge in [0.1, 0.15) is 11.4 Å². The Morgan fingerprint density at radius 3 is 2.27 bits per heavy atom. The summed E-state index contributed by atoms with van der Waals surface area (Å²) in [6.07, 6.45) is 8.53. The number of ether oxygens (including phenoxy) is 1. The van der Waals surface area contributed by atoms with Crippen molar-refractivity contribution in [3.8, 4) is 0 Å². The van der Waals surface area contributed by atoms with Crippen LogP contribution in [0.4, 0.5) is 0 Å². The highest BCUT2D eigenvalue weighted by Crippen LogP contribution is 2.80. The predicted octanol–water partition coefficient (Wildman–Crippen LogP) is 6.58. The molecule has 0 heterocycles. The number of hydrogen-bond donors (Lipinski definition) is 0. The van der Waals surface area contributed by atoms with Crippen molar-refractivity contribution in [1.82, 2.24) is 0 Å². The molecule has 0 aromatic heterocycles. The van der Waals surface area contributed by atoms with Crippen molar-refractivity contribution < 1.29 is 14.3 Å². The molecule has 30 heavy (non-hydrogen) atoms. The van der Waals surface area contributed by atoms with Crippen molar-refractivity contribution in [2.24, 2.45) is 45.8 Å². The van der Waals surface area contributed by atoms with Crippen molar-refractivity contribution in [1.29, 1.82) is 0 Å². The fraction of sp³-hybridized carbons (Fsp3) is 0.926. The van der Waals surface area contributed by atoms with E-state index >= 15 is 0 Å². The molecule has 0 aromatic rings. The molecule has 0 saturated heterocycles. The van der Waals surface area contributed by atoms with E-state index in [0.717, 1.165) is 31.6 Å². The molecule has 4 saturated carbocycles. The molecule has 170 valence electrons. The van der Waals surface area contributed by atoms with Gasteiger partial charge in [0.05, 0.1) is 5.92 Å². The van der Waals surface area contributed by atoms with E-state index in [4.69, 9.17) is 4.74 Å². The Bertz CT molecular complexity index is 712. The van der Waals surface area contributed by atoms with Crippen LogP contribution in [0.2, 0.25) is 0 Å². The Balaban J connectivity index is 1.53. The maximum Gasteiger partial charge on any atom is 0.310 e. The summed E-state index contributed by atoms with van der Waals surface area (Å²) in [7, 11) is 0. The van der Waals surface area contributed by atoms with Crippen LogP contribution in [-0.2, 0) is 14.3 Å². The molecule has 6 atom stereocenters. The number of carbonyl (C=O) groups is 2. The van der Waals surface area contributed by atoms with Gasteiger partial charge in [-0.05, 0) is 85.4 Å². The lowest BCUT2D eigenvalue weighted by Crippen LogP contribution is -2.61. The largest absolute Gasteiger partial charge is 0.459 e. The topological polar surface area (TPSA) is 43.4 Å². The van der Waals surface area contributed by atoms with Gasteiger partial charge in [0.2, 0.25) is 0 Å². The lowest BCUT2D eigenvalue weighted by Gasteiger charge is -2.64. The Labute approximate surface area is 184 Å². The van der Waals surface area contributed by atoms with Crippen molar-refractivity contribution in [3.63, 3.8) is 0 Å². The highest BCUT2D eigenvalue weighted by Gasteiger charge is 2.76. The first-order valence-corrected chi connectivity index (χ1v) is 12.6. The van der Waals surface area contributed by atoms with Gasteiger partial charge in [-0.25, -0.2) is 0 Å². The monoisotopic (exact) mass is 416 g/mol. The number of fused-ring (bicyclic) bond motifs is 1. The van der Waals surface area contributed by atoms with Crippen LogP contribution in [0.15, 0.2) is 0 Å². The fourth-order valence-electron chi connectivity index (χ4n) is 8.85. The average Bonchev–Trinajstić information content (AvgIpc) is 3.19. The molecule has 2 bridgehead atoms. The van der Waals surface area contributed by atoms with E-state index in [1.54, 1.807) is 0 Å². The van der Waals surface area contributed by atoms with Gasteiger partial charge in [-0.15, -0.1) is 0 Å². The quantitative estimate of drug-likeness (QED) is 0.459. The van der Waals surface area contributed by atoms with E-state index in [1.807, 2.05) is 0 Å². The van der Waals surface area contributed by atoms with Crippen molar-refractivity contribution in [2.75, 3.05) is 0 Å². The SMILES string of the molecule is CCC(C)(C)C1C2CC(C(=O)OC(C)(CC)C3CCC(=O)CC3)C3(C2)CC(C)(C)C13. The second-order valence-electron chi connectivity index (χ2n) is 12.9. The summed E-state index contributed by atoms with van der Waals surface area (Å²) in [5.74, 6) is 2.90. The Morgan fingerprint density at radius 2 is 1.73 bits per heavy atom. The number of rotatable bonds is 6. The van der Waals surface area contributed by atoms with Crippen LogP contribution in [0.5, 0.6) is 0 Å². The second-order valence-corrected chi connectivity index (χ2v) is 12.9. The van der Waals surface area contributed by atoms with Gasteiger partial charge >= 0.3 is 5.97 Å². The molecule has 1 spiro atoms.